The predicted octanol–water partition coefficient (Wildman–Crippen LogP) is 3.89. The van der Waals surface area contributed by atoms with Crippen molar-refractivity contribution in [1.29, 1.82) is 0 Å². The molecule has 1 heterocycles. The first-order valence-corrected chi connectivity index (χ1v) is 7.48. The van der Waals surface area contributed by atoms with Gasteiger partial charge in [-0.1, -0.05) is 41.4 Å². The molecule has 2 rings (SSSR count). The first kappa shape index (κ1) is 16.7. The van der Waals surface area contributed by atoms with E-state index in [1.165, 1.54) is 6.20 Å². The Morgan fingerprint density at radius 3 is 2.59 bits per heavy atom. The monoisotopic (exact) mass is 338 g/mol. The van der Waals surface area contributed by atoms with Crippen LogP contribution in [0.3, 0.4) is 0 Å². The van der Waals surface area contributed by atoms with Crippen LogP contribution in [0, 0.1) is 0 Å². The number of hydrogen-bond acceptors (Lipinski definition) is 3. The first-order chi connectivity index (χ1) is 10.5. The summed E-state index contributed by atoms with van der Waals surface area (Å²) in [5.41, 5.74) is 1.14. The minimum Gasteiger partial charge on any atom is -0.375 e. The molecule has 4 nitrogen and oxygen atoms in total. The van der Waals surface area contributed by atoms with Crippen molar-refractivity contribution in [3.63, 3.8) is 0 Å². The Bertz CT molecular complexity index is 664. The molecule has 0 bridgehead atoms. The van der Waals surface area contributed by atoms with E-state index in [1.807, 2.05) is 25.1 Å². The van der Waals surface area contributed by atoms with Crippen LogP contribution < -0.4 is 5.32 Å². The van der Waals surface area contributed by atoms with Gasteiger partial charge in [0.2, 0.25) is 0 Å². The summed E-state index contributed by atoms with van der Waals surface area (Å²) in [6.07, 6.45) is 1.16. The summed E-state index contributed by atoms with van der Waals surface area (Å²) in [6, 6.07) is 10.4. The van der Waals surface area contributed by atoms with Crippen LogP contribution in [0.1, 0.15) is 28.9 Å². The molecule has 0 aliphatic carbocycles. The van der Waals surface area contributed by atoms with E-state index in [4.69, 9.17) is 27.9 Å². The third kappa shape index (κ3) is 3.77. The summed E-state index contributed by atoms with van der Waals surface area (Å²) in [6.45, 7) is 1.85. The summed E-state index contributed by atoms with van der Waals surface area (Å²) >= 11 is 12.1. The largest absolute Gasteiger partial charge is 0.375 e. The Morgan fingerprint density at radius 2 is 1.95 bits per heavy atom. The molecule has 6 heteroatoms. The molecule has 116 valence electrons. The zero-order valence-corrected chi connectivity index (χ0v) is 13.7. The van der Waals surface area contributed by atoms with E-state index in [2.05, 4.69) is 10.3 Å². The van der Waals surface area contributed by atoms with Gasteiger partial charge in [-0.25, -0.2) is 4.98 Å². The number of benzene rings is 1. The van der Waals surface area contributed by atoms with Crippen LogP contribution in [0.15, 0.2) is 42.6 Å². The highest BCUT2D eigenvalue weighted by atomic mass is 35.5. The van der Waals surface area contributed by atoms with Gasteiger partial charge in [0.05, 0.1) is 11.6 Å². The van der Waals surface area contributed by atoms with Crippen molar-refractivity contribution in [3.05, 3.63) is 63.9 Å². The molecule has 0 fully saturated rings. The van der Waals surface area contributed by atoms with E-state index < -0.39 is 0 Å². The third-order valence-corrected chi connectivity index (χ3v) is 3.93. The summed E-state index contributed by atoms with van der Waals surface area (Å²) in [5.74, 6) is -0.306. The van der Waals surface area contributed by atoms with E-state index in [1.54, 1.807) is 25.3 Å². The SMILES string of the molecule is CO[C@@H](c1ccccc1Cl)[C@@H](C)NC(=O)c1cccnc1Cl. The van der Waals surface area contributed by atoms with Crippen LogP contribution >= 0.6 is 23.2 Å². The van der Waals surface area contributed by atoms with Gasteiger partial charge in [-0.2, -0.15) is 0 Å². The van der Waals surface area contributed by atoms with Gasteiger partial charge in [0.15, 0.2) is 0 Å². The molecule has 0 saturated heterocycles. The molecule has 0 aliphatic rings. The van der Waals surface area contributed by atoms with Crippen molar-refractivity contribution in [2.45, 2.75) is 19.1 Å². The molecule has 2 atom stereocenters. The lowest BCUT2D eigenvalue weighted by molar-refractivity contribution is 0.0645. The molecule has 22 heavy (non-hydrogen) atoms. The quantitative estimate of drug-likeness (QED) is 0.841. The van der Waals surface area contributed by atoms with Crippen molar-refractivity contribution in [2.24, 2.45) is 0 Å². The molecule has 1 aromatic carbocycles. The number of halogens is 2. The zero-order valence-electron chi connectivity index (χ0n) is 12.2. The molecule has 0 spiro atoms. The molecule has 0 saturated carbocycles. The lowest BCUT2D eigenvalue weighted by Crippen LogP contribution is -2.38. The Labute approximate surface area is 139 Å². The number of methoxy groups -OCH3 is 1. The van der Waals surface area contributed by atoms with Gasteiger partial charge < -0.3 is 10.1 Å². The maximum absolute atomic E-state index is 12.3. The number of nitrogens with zero attached hydrogens (tertiary/aromatic N) is 1. The summed E-state index contributed by atoms with van der Waals surface area (Å²) in [7, 11) is 1.58. The molecule has 0 aliphatic heterocycles. The molecule has 1 aromatic heterocycles. The predicted molar refractivity (Wildman–Crippen MR) is 87.4 cm³/mol. The van der Waals surface area contributed by atoms with Crippen LogP contribution in [-0.2, 0) is 4.74 Å². The topological polar surface area (TPSA) is 51.2 Å². The number of hydrogen-bond donors (Lipinski definition) is 1. The number of aromatic nitrogens is 1. The van der Waals surface area contributed by atoms with Crippen LogP contribution in [0.2, 0.25) is 10.2 Å². The van der Waals surface area contributed by atoms with Crippen molar-refractivity contribution in [3.8, 4) is 0 Å². The van der Waals surface area contributed by atoms with Crippen molar-refractivity contribution in [1.82, 2.24) is 10.3 Å². The Hall–Kier alpha value is -1.62. The number of pyridine rings is 1. The number of carbonyl (C=O) groups excluding carboxylic acids is 1. The molecule has 1 N–H and O–H groups in total. The van der Waals surface area contributed by atoms with Crippen molar-refractivity contribution >= 4 is 29.1 Å². The number of nitrogens with one attached hydrogen (secondary N) is 1. The van der Waals surface area contributed by atoms with Crippen molar-refractivity contribution < 1.29 is 9.53 Å². The average molecular weight is 339 g/mol. The number of ether oxygens (including phenoxy) is 1. The summed E-state index contributed by atoms with van der Waals surface area (Å²) < 4.78 is 5.50. The number of amides is 1. The number of rotatable bonds is 5. The maximum atomic E-state index is 12.3. The zero-order chi connectivity index (χ0) is 16.1. The molecule has 2 aromatic rings. The van der Waals surface area contributed by atoms with Gasteiger partial charge in [0.25, 0.3) is 5.91 Å². The lowest BCUT2D eigenvalue weighted by atomic mass is 10.0. The summed E-state index contributed by atoms with van der Waals surface area (Å²) in [5, 5.41) is 3.62. The van der Waals surface area contributed by atoms with Crippen LogP contribution in [0.5, 0.6) is 0 Å². The van der Waals surface area contributed by atoms with Gasteiger partial charge in [-0.3, -0.25) is 4.79 Å². The fraction of sp³-hybridized carbons (Fsp3) is 0.250. The average Bonchev–Trinajstić information content (AvgIpc) is 2.50. The molecule has 0 radical (unpaired) electrons. The Balaban J connectivity index is 2.17. The van der Waals surface area contributed by atoms with Gasteiger partial charge >= 0.3 is 0 Å². The second kappa shape index (κ2) is 7.58. The molecular formula is C16H16Cl2N2O2. The number of carbonyl (C=O) groups is 1. The highest BCUT2D eigenvalue weighted by Crippen LogP contribution is 2.27. The van der Waals surface area contributed by atoms with Crippen LogP contribution in [0.4, 0.5) is 0 Å². The van der Waals surface area contributed by atoms with E-state index in [0.29, 0.717) is 10.6 Å². The Kier molecular flexibility index (Phi) is 5.77. The van der Waals surface area contributed by atoms with E-state index in [0.717, 1.165) is 5.56 Å². The lowest BCUT2D eigenvalue weighted by Gasteiger charge is -2.25. The third-order valence-electron chi connectivity index (χ3n) is 3.28. The minimum absolute atomic E-state index is 0.166. The Morgan fingerprint density at radius 1 is 1.23 bits per heavy atom. The molecular weight excluding hydrogens is 323 g/mol. The minimum atomic E-state index is -0.368. The second-order valence-corrected chi connectivity index (χ2v) is 5.55. The second-order valence-electron chi connectivity index (χ2n) is 4.78. The van der Waals surface area contributed by atoms with Gasteiger partial charge in [-0.15, -0.1) is 0 Å². The van der Waals surface area contributed by atoms with Gasteiger partial charge in [-0.05, 0) is 25.1 Å². The van der Waals surface area contributed by atoms with Crippen LogP contribution in [0.25, 0.3) is 0 Å². The first-order valence-electron chi connectivity index (χ1n) is 6.73. The smallest absolute Gasteiger partial charge is 0.254 e. The van der Waals surface area contributed by atoms with E-state index in [-0.39, 0.29) is 23.2 Å². The summed E-state index contributed by atoms with van der Waals surface area (Å²) in [4.78, 5) is 16.2. The van der Waals surface area contributed by atoms with Gasteiger partial charge in [0, 0.05) is 23.9 Å². The molecule has 0 unspecified atom stereocenters. The maximum Gasteiger partial charge on any atom is 0.254 e. The van der Waals surface area contributed by atoms with Crippen LogP contribution in [-0.4, -0.2) is 24.0 Å². The molecule has 1 amide bonds. The van der Waals surface area contributed by atoms with E-state index >= 15 is 0 Å². The normalized spacial score (nSPS) is 13.5. The fourth-order valence-corrected chi connectivity index (χ4v) is 2.67. The fourth-order valence-electron chi connectivity index (χ4n) is 2.22. The van der Waals surface area contributed by atoms with E-state index in [9.17, 15) is 4.79 Å². The van der Waals surface area contributed by atoms with Crippen molar-refractivity contribution in [2.75, 3.05) is 7.11 Å². The standard InChI is InChI=1S/C16H16Cl2N2O2/c1-10(14(22-2)11-6-3-4-8-13(11)17)20-16(21)12-7-5-9-19-15(12)18/h3-10,14H,1-2H3,(H,20,21)/t10-,14-/m1/s1. The highest BCUT2D eigenvalue weighted by Gasteiger charge is 2.23. The van der Waals surface area contributed by atoms with Gasteiger partial charge in [0.1, 0.15) is 11.3 Å². The highest BCUT2D eigenvalue weighted by molar-refractivity contribution is 6.32.